The summed E-state index contributed by atoms with van der Waals surface area (Å²) in [5.74, 6) is 0. The summed E-state index contributed by atoms with van der Waals surface area (Å²) in [6, 6.07) is 0. The van der Waals surface area contributed by atoms with Crippen molar-refractivity contribution >= 4 is 0 Å². The molecule has 0 aliphatic carbocycles. The Morgan fingerprint density at radius 3 is 1.00 bits per heavy atom. The molecule has 0 N–H and O–H groups in total. The zero-order chi connectivity index (χ0) is 13.3. The van der Waals surface area contributed by atoms with Crippen LogP contribution in [0.1, 0.15) is 89.9 Å². The lowest BCUT2D eigenvalue weighted by Gasteiger charge is -2.02. The Morgan fingerprint density at radius 1 is 0.444 bits per heavy atom. The highest BCUT2D eigenvalue weighted by Crippen LogP contribution is 2.12. The predicted octanol–water partition coefficient (Wildman–Crippen LogP) is 5.85. The van der Waals surface area contributed by atoms with Gasteiger partial charge in [0.1, 0.15) is 0 Å². The number of alkyl halides is 1. The molecule has 0 amide bonds. The van der Waals surface area contributed by atoms with E-state index in [1.807, 2.05) is 0 Å². The lowest BCUT2D eigenvalue weighted by Crippen LogP contribution is -1.84. The molecule has 0 saturated carbocycles. The molecule has 1 nitrogen and oxygen atoms in total. The first kappa shape index (κ1) is 17.9. The summed E-state index contributed by atoms with van der Waals surface area (Å²) in [6.07, 6.45) is 17.0. The summed E-state index contributed by atoms with van der Waals surface area (Å²) in [6.45, 7) is -0.0415. The highest BCUT2D eigenvalue weighted by Gasteiger charge is 1.94. The predicted molar refractivity (Wildman–Crippen MR) is 76.2 cm³/mol. The Morgan fingerprint density at radius 2 is 0.722 bits per heavy atom. The third-order valence-corrected chi connectivity index (χ3v) is 3.53. The van der Waals surface area contributed by atoms with Crippen LogP contribution >= 0.6 is 0 Å². The second-order valence-corrected chi connectivity index (χ2v) is 5.34. The second kappa shape index (κ2) is 16.9. The normalized spacial score (nSPS) is 11.0. The van der Waals surface area contributed by atoms with Gasteiger partial charge < -0.3 is 0 Å². The molecule has 0 spiro atoms. The van der Waals surface area contributed by atoms with Gasteiger partial charge in [0.25, 0.3) is 0 Å². The van der Waals surface area contributed by atoms with Crippen molar-refractivity contribution in [3.63, 3.8) is 0 Å². The van der Waals surface area contributed by atoms with Crippen LogP contribution in [0.5, 0.6) is 0 Å². The van der Waals surface area contributed by atoms with Crippen LogP contribution in [0.3, 0.4) is 0 Å². The van der Waals surface area contributed by atoms with E-state index >= 15 is 0 Å². The maximum Gasteiger partial charge on any atom is 0.0894 e. The number of hydrogen-bond donors (Lipinski definition) is 0. The molecule has 1 radical (unpaired) electrons. The summed E-state index contributed by atoms with van der Waals surface area (Å²) < 4.78 is 11.8. The third-order valence-electron chi connectivity index (χ3n) is 3.53. The topological polar surface area (TPSA) is 19.9 Å². The zero-order valence-corrected chi connectivity index (χ0v) is 12.1. The summed E-state index contributed by atoms with van der Waals surface area (Å²) in [5, 5.41) is 10.2. The van der Waals surface area contributed by atoms with E-state index in [0.717, 1.165) is 25.7 Å². The molecule has 0 saturated heterocycles. The largest absolute Gasteiger partial charge is 0.251 e. The molecule has 0 heterocycles. The van der Waals surface area contributed by atoms with Gasteiger partial charge in [0, 0.05) is 0 Å². The SMILES string of the molecule is [O]CCCCCCCCCCCCCCCCF. The van der Waals surface area contributed by atoms with Gasteiger partial charge in [0.05, 0.1) is 13.3 Å². The average Bonchev–Trinajstić information content (AvgIpc) is 2.39. The van der Waals surface area contributed by atoms with Crippen LogP contribution in [0, 0.1) is 0 Å². The first-order valence-corrected chi connectivity index (χ1v) is 8.06. The Balaban J connectivity index is 2.86. The van der Waals surface area contributed by atoms with Crippen molar-refractivity contribution in [1.82, 2.24) is 0 Å². The van der Waals surface area contributed by atoms with Crippen LogP contribution in [-0.2, 0) is 5.11 Å². The van der Waals surface area contributed by atoms with Crippen molar-refractivity contribution in [1.29, 1.82) is 0 Å². The van der Waals surface area contributed by atoms with E-state index < -0.39 is 0 Å². The molecule has 0 aromatic carbocycles. The summed E-state index contributed by atoms with van der Waals surface area (Å²) >= 11 is 0. The lowest BCUT2D eigenvalue weighted by molar-refractivity contribution is 0.186. The molecule has 0 rings (SSSR count). The highest BCUT2D eigenvalue weighted by atomic mass is 19.1. The van der Waals surface area contributed by atoms with Gasteiger partial charge in [0.15, 0.2) is 0 Å². The number of halogens is 1. The standard InChI is InChI=1S/C16H32FO/c17-15-13-11-9-7-5-3-1-2-4-6-8-10-12-14-16-18/h1-16H2. The first-order chi connectivity index (χ1) is 8.91. The molecule has 0 unspecified atom stereocenters. The van der Waals surface area contributed by atoms with Crippen LogP contribution in [-0.4, -0.2) is 13.3 Å². The van der Waals surface area contributed by atoms with Crippen LogP contribution in [0.15, 0.2) is 0 Å². The summed E-state index contributed by atoms with van der Waals surface area (Å²) in [7, 11) is 0. The van der Waals surface area contributed by atoms with Crippen molar-refractivity contribution in [2.45, 2.75) is 89.9 Å². The fourth-order valence-corrected chi connectivity index (χ4v) is 2.32. The second-order valence-electron chi connectivity index (χ2n) is 5.34. The van der Waals surface area contributed by atoms with Gasteiger partial charge in [-0.25, -0.2) is 5.11 Å². The van der Waals surface area contributed by atoms with Crippen molar-refractivity contribution in [3.05, 3.63) is 0 Å². The number of rotatable bonds is 15. The molecule has 0 fully saturated rings. The van der Waals surface area contributed by atoms with Crippen molar-refractivity contribution in [2.75, 3.05) is 13.3 Å². The maximum absolute atomic E-state index is 11.8. The van der Waals surface area contributed by atoms with Crippen LogP contribution in [0.2, 0.25) is 0 Å². The minimum absolute atomic E-state index is 0.103. The van der Waals surface area contributed by atoms with Crippen molar-refractivity contribution < 1.29 is 9.50 Å². The van der Waals surface area contributed by atoms with Gasteiger partial charge in [-0.2, -0.15) is 0 Å². The molecule has 0 bridgehead atoms. The molecule has 18 heavy (non-hydrogen) atoms. The fraction of sp³-hybridized carbons (Fsp3) is 1.00. The molecule has 0 aliphatic heterocycles. The molecule has 109 valence electrons. The van der Waals surface area contributed by atoms with E-state index in [0.29, 0.717) is 0 Å². The molecular formula is C16H32FO. The van der Waals surface area contributed by atoms with Crippen molar-refractivity contribution in [3.8, 4) is 0 Å². The van der Waals surface area contributed by atoms with Gasteiger partial charge in [0.2, 0.25) is 0 Å². The molecule has 2 heteroatoms. The zero-order valence-electron chi connectivity index (χ0n) is 12.1. The Labute approximate surface area is 113 Å². The Bertz CT molecular complexity index is 123. The summed E-state index contributed by atoms with van der Waals surface area (Å²) in [4.78, 5) is 0. The Hall–Kier alpha value is -0.110. The lowest BCUT2D eigenvalue weighted by atomic mass is 10.0. The van der Waals surface area contributed by atoms with E-state index in [-0.39, 0.29) is 13.3 Å². The van der Waals surface area contributed by atoms with Crippen molar-refractivity contribution in [2.24, 2.45) is 0 Å². The van der Waals surface area contributed by atoms with E-state index in [9.17, 15) is 9.50 Å². The highest BCUT2D eigenvalue weighted by molar-refractivity contribution is 4.49. The minimum Gasteiger partial charge on any atom is -0.251 e. The Kier molecular flexibility index (Phi) is 16.8. The number of hydrogen-bond acceptors (Lipinski definition) is 0. The van der Waals surface area contributed by atoms with Gasteiger partial charge >= 0.3 is 0 Å². The van der Waals surface area contributed by atoms with E-state index in [4.69, 9.17) is 0 Å². The van der Waals surface area contributed by atoms with Gasteiger partial charge in [-0.05, 0) is 12.8 Å². The van der Waals surface area contributed by atoms with Gasteiger partial charge in [-0.1, -0.05) is 77.0 Å². The fourth-order valence-electron chi connectivity index (χ4n) is 2.32. The van der Waals surface area contributed by atoms with Gasteiger partial charge in [-0.15, -0.1) is 0 Å². The van der Waals surface area contributed by atoms with Crippen LogP contribution in [0.4, 0.5) is 4.39 Å². The van der Waals surface area contributed by atoms with Crippen LogP contribution < -0.4 is 0 Å². The van der Waals surface area contributed by atoms with Gasteiger partial charge in [-0.3, -0.25) is 4.39 Å². The quantitative estimate of drug-likeness (QED) is 0.329. The molecule has 0 aromatic rings. The summed E-state index contributed by atoms with van der Waals surface area (Å²) in [5.41, 5.74) is 0. The number of unbranched alkanes of at least 4 members (excludes halogenated alkanes) is 13. The third kappa shape index (κ3) is 15.9. The smallest absolute Gasteiger partial charge is 0.0894 e. The van der Waals surface area contributed by atoms with E-state index in [2.05, 4.69) is 0 Å². The first-order valence-electron chi connectivity index (χ1n) is 8.06. The monoisotopic (exact) mass is 259 g/mol. The maximum atomic E-state index is 11.8. The van der Waals surface area contributed by atoms with E-state index in [1.54, 1.807) is 0 Å². The molecule has 0 aromatic heterocycles. The average molecular weight is 259 g/mol. The molecular weight excluding hydrogens is 227 g/mol. The van der Waals surface area contributed by atoms with E-state index in [1.165, 1.54) is 64.2 Å². The minimum atomic E-state index is -0.144. The molecule has 0 atom stereocenters. The van der Waals surface area contributed by atoms with Crippen LogP contribution in [0.25, 0.3) is 0 Å². The molecule has 0 aliphatic rings.